The average Bonchev–Trinajstić information content (AvgIpc) is 2.80. The number of carbonyl (C=O) groups is 1. The van der Waals surface area contributed by atoms with E-state index in [1.165, 1.54) is 41.5 Å². The van der Waals surface area contributed by atoms with E-state index in [0.29, 0.717) is 17.3 Å². The molecule has 1 amide bonds. The van der Waals surface area contributed by atoms with E-state index in [1.807, 2.05) is 13.8 Å². The number of aryl methyl sites for hydroxylation is 2. The standard InChI is InChI=1S/C25H26Cl2N2O3S2/c1-18-3-7-20(8-4-18)17-33-14-13-28-25(30)16-29(21-9-12-23(26)24(27)15-21)34(31,32)22-10-5-19(2)6-11-22/h3-12,15H,13-14,16-17H2,1-2H3,(H,28,30). The number of hydrogen-bond acceptors (Lipinski definition) is 4. The summed E-state index contributed by atoms with van der Waals surface area (Å²) in [5, 5.41) is 3.32. The van der Waals surface area contributed by atoms with Crippen molar-refractivity contribution in [2.24, 2.45) is 0 Å². The van der Waals surface area contributed by atoms with Gasteiger partial charge in [0.25, 0.3) is 10.0 Å². The van der Waals surface area contributed by atoms with Crippen LogP contribution in [0.4, 0.5) is 5.69 Å². The van der Waals surface area contributed by atoms with Gasteiger partial charge in [-0.3, -0.25) is 9.10 Å². The number of benzene rings is 3. The van der Waals surface area contributed by atoms with Crippen LogP contribution in [-0.2, 0) is 20.6 Å². The van der Waals surface area contributed by atoms with Crippen molar-refractivity contribution in [3.8, 4) is 0 Å². The Labute approximate surface area is 215 Å². The number of halogens is 2. The maximum Gasteiger partial charge on any atom is 0.264 e. The van der Waals surface area contributed by atoms with Crippen molar-refractivity contribution in [3.05, 3.63) is 93.5 Å². The third-order valence-corrected chi connectivity index (χ3v) is 8.60. The lowest BCUT2D eigenvalue weighted by Crippen LogP contribution is -2.41. The summed E-state index contributed by atoms with van der Waals surface area (Å²) in [6, 6.07) is 19.3. The highest BCUT2D eigenvalue weighted by Crippen LogP contribution is 2.30. The van der Waals surface area contributed by atoms with Crippen molar-refractivity contribution < 1.29 is 13.2 Å². The van der Waals surface area contributed by atoms with Crippen molar-refractivity contribution >= 4 is 56.6 Å². The van der Waals surface area contributed by atoms with Crippen LogP contribution in [0.1, 0.15) is 16.7 Å². The molecule has 0 heterocycles. The highest BCUT2D eigenvalue weighted by molar-refractivity contribution is 7.98. The Morgan fingerprint density at radius 3 is 2.15 bits per heavy atom. The number of anilines is 1. The summed E-state index contributed by atoms with van der Waals surface area (Å²) >= 11 is 13.8. The summed E-state index contributed by atoms with van der Waals surface area (Å²) in [5.41, 5.74) is 3.63. The Morgan fingerprint density at radius 1 is 0.912 bits per heavy atom. The summed E-state index contributed by atoms with van der Waals surface area (Å²) in [5.74, 6) is 1.14. The lowest BCUT2D eigenvalue weighted by atomic mass is 10.2. The predicted molar refractivity (Wildman–Crippen MR) is 143 cm³/mol. The smallest absolute Gasteiger partial charge is 0.264 e. The van der Waals surface area contributed by atoms with Gasteiger partial charge < -0.3 is 5.32 Å². The van der Waals surface area contributed by atoms with Crippen LogP contribution < -0.4 is 9.62 Å². The second-order valence-electron chi connectivity index (χ2n) is 7.81. The Morgan fingerprint density at radius 2 is 1.53 bits per heavy atom. The predicted octanol–water partition coefficient (Wildman–Crippen LogP) is 5.86. The van der Waals surface area contributed by atoms with Gasteiger partial charge in [-0.2, -0.15) is 11.8 Å². The van der Waals surface area contributed by atoms with Crippen LogP contribution in [0.5, 0.6) is 0 Å². The van der Waals surface area contributed by atoms with Crippen LogP contribution in [0, 0.1) is 13.8 Å². The second-order valence-corrected chi connectivity index (χ2v) is 11.6. The van der Waals surface area contributed by atoms with Crippen LogP contribution in [0.3, 0.4) is 0 Å². The minimum atomic E-state index is -4.00. The zero-order chi connectivity index (χ0) is 24.7. The van der Waals surface area contributed by atoms with Crippen LogP contribution in [-0.4, -0.2) is 33.2 Å². The third-order valence-electron chi connectivity index (χ3n) is 5.05. The Kier molecular flexibility index (Phi) is 9.31. The quantitative estimate of drug-likeness (QED) is 0.329. The molecule has 0 aliphatic carbocycles. The molecule has 0 fully saturated rings. The van der Waals surface area contributed by atoms with Crippen molar-refractivity contribution in [2.45, 2.75) is 24.5 Å². The zero-order valence-electron chi connectivity index (χ0n) is 18.9. The number of carbonyl (C=O) groups excluding carboxylic acids is 1. The van der Waals surface area contributed by atoms with E-state index in [-0.39, 0.29) is 22.2 Å². The van der Waals surface area contributed by atoms with Gasteiger partial charge in [0.15, 0.2) is 0 Å². The van der Waals surface area contributed by atoms with E-state index in [1.54, 1.807) is 23.9 Å². The molecule has 9 heteroatoms. The number of amides is 1. The number of sulfonamides is 1. The van der Waals surface area contributed by atoms with Crippen LogP contribution >= 0.6 is 35.0 Å². The van der Waals surface area contributed by atoms with E-state index in [9.17, 15) is 13.2 Å². The molecule has 3 aromatic carbocycles. The summed E-state index contributed by atoms with van der Waals surface area (Å²) in [6.45, 7) is 3.97. The average molecular weight is 538 g/mol. The van der Waals surface area contributed by atoms with Crippen LogP contribution in [0.15, 0.2) is 71.6 Å². The third kappa shape index (κ3) is 7.15. The molecule has 34 heavy (non-hydrogen) atoms. The van der Waals surface area contributed by atoms with Gasteiger partial charge in [-0.15, -0.1) is 0 Å². The fourth-order valence-electron chi connectivity index (χ4n) is 3.12. The number of nitrogens with one attached hydrogen (secondary N) is 1. The molecule has 5 nitrogen and oxygen atoms in total. The summed E-state index contributed by atoms with van der Waals surface area (Å²) in [6.07, 6.45) is 0. The first-order valence-electron chi connectivity index (χ1n) is 10.6. The maximum absolute atomic E-state index is 13.4. The fourth-order valence-corrected chi connectivity index (χ4v) is 5.64. The van der Waals surface area contributed by atoms with Gasteiger partial charge in [-0.25, -0.2) is 8.42 Å². The number of thioether (sulfide) groups is 1. The molecule has 0 aromatic heterocycles. The second kappa shape index (κ2) is 12.0. The van der Waals surface area contributed by atoms with Crippen molar-refractivity contribution in [2.75, 3.05) is 23.1 Å². The van der Waals surface area contributed by atoms with E-state index in [4.69, 9.17) is 23.2 Å². The molecule has 1 N–H and O–H groups in total. The fraction of sp³-hybridized carbons (Fsp3) is 0.240. The lowest BCUT2D eigenvalue weighted by molar-refractivity contribution is -0.119. The van der Waals surface area contributed by atoms with Gasteiger partial charge in [-0.1, -0.05) is 70.7 Å². The topological polar surface area (TPSA) is 66.5 Å². The SMILES string of the molecule is Cc1ccc(CSCCNC(=O)CN(c2ccc(Cl)c(Cl)c2)S(=O)(=O)c2ccc(C)cc2)cc1. The molecule has 0 bridgehead atoms. The van der Waals surface area contributed by atoms with E-state index in [0.717, 1.165) is 15.6 Å². The molecule has 0 spiro atoms. The first kappa shape index (κ1) is 26.4. The van der Waals surface area contributed by atoms with Crippen molar-refractivity contribution in [1.82, 2.24) is 5.32 Å². The van der Waals surface area contributed by atoms with Gasteiger partial charge >= 0.3 is 0 Å². The molecule has 3 aromatic rings. The normalized spacial score (nSPS) is 11.3. The molecule has 0 atom stereocenters. The number of nitrogens with zero attached hydrogens (tertiary/aromatic N) is 1. The summed E-state index contributed by atoms with van der Waals surface area (Å²) in [7, 11) is -4.00. The monoisotopic (exact) mass is 536 g/mol. The highest BCUT2D eigenvalue weighted by atomic mass is 35.5. The minimum absolute atomic E-state index is 0.0885. The van der Waals surface area contributed by atoms with Gasteiger partial charge in [0.1, 0.15) is 6.54 Å². The number of rotatable bonds is 10. The van der Waals surface area contributed by atoms with Crippen molar-refractivity contribution in [3.63, 3.8) is 0 Å². The Balaban J connectivity index is 1.67. The molecule has 0 radical (unpaired) electrons. The van der Waals surface area contributed by atoms with Gasteiger partial charge in [0.2, 0.25) is 5.91 Å². The molecule has 0 unspecified atom stereocenters. The molecule has 0 aliphatic heterocycles. The van der Waals surface area contributed by atoms with Gasteiger partial charge in [0, 0.05) is 18.1 Å². The molecular formula is C25H26Cl2N2O3S2. The minimum Gasteiger partial charge on any atom is -0.354 e. The maximum atomic E-state index is 13.4. The Bertz CT molecular complexity index is 1230. The molecular weight excluding hydrogens is 511 g/mol. The molecule has 0 saturated heterocycles. The van der Waals surface area contributed by atoms with Crippen molar-refractivity contribution in [1.29, 1.82) is 0 Å². The largest absolute Gasteiger partial charge is 0.354 e. The zero-order valence-corrected chi connectivity index (χ0v) is 22.1. The van der Waals surface area contributed by atoms with Crippen LogP contribution in [0.25, 0.3) is 0 Å². The van der Waals surface area contributed by atoms with E-state index in [2.05, 4.69) is 29.6 Å². The summed E-state index contributed by atoms with van der Waals surface area (Å²) < 4.78 is 27.8. The highest BCUT2D eigenvalue weighted by Gasteiger charge is 2.27. The Hall–Kier alpha value is -2.19. The summed E-state index contributed by atoms with van der Waals surface area (Å²) in [4.78, 5) is 12.8. The number of hydrogen-bond donors (Lipinski definition) is 1. The first-order chi connectivity index (χ1) is 16.2. The first-order valence-corrected chi connectivity index (χ1v) is 14.0. The molecule has 3 rings (SSSR count). The van der Waals surface area contributed by atoms with Gasteiger partial charge in [-0.05, 0) is 49.7 Å². The molecule has 180 valence electrons. The van der Waals surface area contributed by atoms with Crippen LogP contribution in [0.2, 0.25) is 10.0 Å². The van der Waals surface area contributed by atoms with E-state index >= 15 is 0 Å². The van der Waals surface area contributed by atoms with E-state index < -0.39 is 15.9 Å². The van der Waals surface area contributed by atoms with Gasteiger partial charge in [0.05, 0.1) is 20.6 Å². The molecule has 0 saturated carbocycles. The molecule has 0 aliphatic rings. The lowest BCUT2D eigenvalue weighted by Gasteiger charge is -2.24.